The lowest BCUT2D eigenvalue weighted by Crippen LogP contribution is -2.70. The Morgan fingerprint density at radius 1 is 1.12 bits per heavy atom. The first kappa shape index (κ1) is 37.4. The van der Waals surface area contributed by atoms with Gasteiger partial charge in [0, 0.05) is 17.9 Å². The average Bonchev–Trinajstić information content (AvgIpc) is 3.47. The van der Waals surface area contributed by atoms with Crippen LogP contribution in [0.2, 0.25) is 0 Å². The van der Waals surface area contributed by atoms with Crippen molar-refractivity contribution in [2.24, 2.45) is 68.3 Å². The number of ether oxygens (including phenoxy) is 2. The van der Waals surface area contributed by atoms with E-state index in [-0.39, 0.29) is 58.0 Å². The molecule has 1 saturated heterocycles. The highest BCUT2D eigenvalue weighted by Gasteiger charge is 2.73. The fraction of sp³-hybridized carbons (Fsp3) is 0.872. The van der Waals surface area contributed by atoms with Crippen molar-refractivity contribution in [2.75, 3.05) is 25.1 Å². The number of carbonyl (C=O) groups is 2. The van der Waals surface area contributed by atoms with Gasteiger partial charge in [0.05, 0.1) is 31.8 Å². The molecular weight excluding hydrogens is 632 g/mol. The smallest absolute Gasteiger partial charge is 0.307 e. The molecule has 0 radical (unpaired) electrons. The maximum Gasteiger partial charge on any atom is 0.307 e. The summed E-state index contributed by atoms with van der Waals surface area (Å²) < 4.78 is 13.9. The Morgan fingerprint density at radius 3 is 2.44 bits per heavy atom. The van der Waals surface area contributed by atoms with Gasteiger partial charge < -0.3 is 20.3 Å². The molecule has 1 aromatic heterocycles. The number of nitrogens with one attached hydrogen (secondary N) is 1. The van der Waals surface area contributed by atoms with Gasteiger partial charge in [-0.1, -0.05) is 79.1 Å². The van der Waals surface area contributed by atoms with Gasteiger partial charge in [0.25, 0.3) is 5.95 Å². The molecule has 1 aliphatic heterocycles. The quantitative estimate of drug-likeness (QED) is 0.245. The van der Waals surface area contributed by atoms with Gasteiger partial charge in [0.15, 0.2) is 0 Å². The van der Waals surface area contributed by atoms with Crippen molar-refractivity contribution in [1.29, 1.82) is 0 Å². The van der Waals surface area contributed by atoms with Crippen LogP contribution in [0.3, 0.4) is 0 Å². The standard InChI is InChI=1S/C39H64N6O5/c1-22(2)24(5)35(8)16-17-36(9)26-12-13-29-34(7)18-28(45-43-33(42-44-45)41-25(6)46)31(50-20-38(11,40)23(3)4)39(29,21-49-19-34)27(26)14-15-37(36,10)30(35)32(47)48/h14,22-24,26,28-31H,12-13,15-21,40H2,1-11H3,(H,47,48)(H,41,43,46)/t24-,26+,28-,29-,30-,31+,34-,35-,36-,37+,38+,39+/m1/s1. The van der Waals surface area contributed by atoms with E-state index in [4.69, 9.17) is 20.3 Å². The molecule has 280 valence electrons. The summed E-state index contributed by atoms with van der Waals surface area (Å²) >= 11 is 0. The summed E-state index contributed by atoms with van der Waals surface area (Å²) in [5, 5.41) is 27.2. The van der Waals surface area contributed by atoms with E-state index in [1.54, 1.807) is 4.80 Å². The molecule has 2 bridgehead atoms. The molecule has 0 aromatic carbocycles. The molecule has 1 amide bonds. The maximum atomic E-state index is 13.5. The number of nitrogens with zero attached hydrogens (tertiary/aromatic N) is 4. The van der Waals surface area contributed by atoms with Gasteiger partial charge in [0.1, 0.15) is 6.04 Å². The Bertz CT molecular complexity index is 1520. The number of fused-ring (bicyclic) bond motifs is 3. The zero-order valence-corrected chi connectivity index (χ0v) is 32.5. The Labute approximate surface area is 299 Å². The van der Waals surface area contributed by atoms with Crippen molar-refractivity contribution in [3.05, 3.63) is 11.6 Å². The van der Waals surface area contributed by atoms with Gasteiger partial charge in [-0.05, 0) is 102 Å². The zero-order valence-electron chi connectivity index (χ0n) is 32.5. The summed E-state index contributed by atoms with van der Waals surface area (Å²) in [4.78, 5) is 27.1. The molecule has 2 heterocycles. The number of amides is 1. The second-order valence-corrected chi connectivity index (χ2v) is 19.2. The number of anilines is 1. The third-order valence-corrected chi connectivity index (χ3v) is 15.9. The number of nitrogens with two attached hydrogens (primary N) is 1. The topological polar surface area (TPSA) is 154 Å². The molecular formula is C39H64N6O5. The van der Waals surface area contributed by atoms with Gasteiger partial charge in [-0.15, -0.1) is 5.10 Å². The van der Waals surface area contributed by atoms with Crippen LogP contribution in [-0.4, -0.2) is 68.7 Å². The van der Waals surface area contributed by atoms with Gasteiger partial charge in [0.2, 0.25) is 5.91 Å². The largest absolute Gasteiger partial charge is 0.481 e. The number of carbonyl (C=O) groups excluding carboxylic acids is 1. The Hall–Kier alpha value is -2.37. The predicted molar refractivity (Wildman–Crippen MR) is 192 cm³/mol. The summed E-state index contributed by atoms with van der Waals surface area (Å²) in [6, 6.07) is -0.271. The molecule has 5 aliphatic rings. The number of tetrazole rings is 1. The number of carboxylic acid groups (broad SMARTS) is 1. The summed E-state index contributed by atoms with van der Waals surface area (Å²) in [6.07, 6.45) is 7.42. The molecule has 4 fully saturated rings. The fourth-order valence-electron chi connectivity index (χ4n) is 12.1. The van der Waals surface area contributed by atoms with Gasteiger partial charge >= 0.3 is 5.97 Å². The highest BCUT2D eigenvalue weighted by molar-refractivity contribution is 5.86. The molecule has 4 aliphatic carbocycles. The second kappa shape index (κ2) is 12.4. The highest BCUT2D eigenvalue weighted by Crippen LogP contribution is 2.75. The normalized spacial score (nSPS) is 42.8. The van der Waals surface area contributed by atoms with Crippen LogP contribution in [0.5, 0.6) is 0 Å². The van der Waals surface area contributed by atoms with E-state index in [0.717, 1.165) is 32.1 Å². The molecule has 11 heteroatoms. The average molecular weight is 697 g/mol. The highest BCUT2D eigenvalue weighted by atomic mass is 16.5. The summed E-state index contributed by atoms with van der Waals surface area (Å²) in [7, 11) is 0. The number of rotatable bonds is 9. The van der Waals surface area contributed by atoms with Crippen LogP contribution >= 0.6 is 0 Å². The molecule has 12 atom stereocenters. The van der Waals surface area contributed by atoms with E-state index < -0.39 is 28.3 Å². The summed E-state index contributed by atoms with van der Waals surface area (Å²) in [5.41, 5.74) is 6.07. The molecule has 11 nitrogen and oxygen atoms in total. The van der Waals surface area contributed by atoms with Crippen LogP contribution in [0.1, 0.15) is 121 Å². The summed E-state index contributed by atoms with van der Waals surface area (Å²) in [5.74, 6) is 0.136. The van der Waals surface area contributed by atoms with Gasteiger partial charge in [-0.25, -0.2) is 0 Å². The molecule has 4 N–H and O–H groups in total. The van der Waals surface area contributed by atoms with E-state index in [0.29, 0.717) is 38.1 Å². The molecule has 0 unspecified atom stereocenters. The molecule has 6 rings (SSSR count). The molecule has 1 aromatic rings. The van der Waals surface area contributed by atoms with Crippen LogP contribution < -0.4 is 11.1 Å². The maximum absolute atomic E-state index is 13.5. The van der Waals surface area contributed by atoms with Crippen molar-refractivity contribution >= 4 is 17.8 Å². The minimum atomic E-state index is -0.659. The van der Waals surface area contributed by atoms with E-state index in [2.05, 4.69) is 84.0 Å². The number of hydrogen-bond acceptors (Lipinski definition) is 8. The molecule has 0 spiro atoms. The van der Waals surface area contributed by atoms with Crippen LogP contribution in [0.25, 0.3) is 0 Å². The number of aromatic nitrogens is 4. The lowest BCUT2D eigenvalue weighted by atomic mass is 9.34. The monoisotopic (exact) mass is 696 g/mol. The van der Waals surface area contributed by atoms with Crippen LogP contribution in [-0.2, 0) is 19.1 Å². The van der Waals surface area contributed by atoms with Crippen molar-refractivity contribution < 1.29 is 24.2 Å². The van der Waals surface area contributed by atoms with Crippen molar-refractivity contribution in [3.8, 4) is 0 Å². The van der Waals surface area contributed by atoms with Crippen molar-refractivity contribution in [2.45, 2.75) is 132 Å². The van der Waals surface area contributed by atoms with Crippen LogP contribution in [0, 0.1) is 62.6 Å². The predicted octanol–water partition coefficient (Wildman–Crippen LogP) is 6.52. The number of aliphatic carboxylic acids is 1. The van der Waals surface area contributed by atoms with E-state index >= 15 is 0 Å². The Morgan fingerprint density at radius 2 is 1.82 bits per heavy atom. The Balaban J connectivity index is 1.51. The molecule has 50 heavy (non-hydrogen) atoms. The SMILES string of the molecule is CC(=O)Nc1nnn([C@@H]2C[C@]3(C)COC[C@@]4(C5=CC[C@@]6(C)[C@H](C(=O)O)[C@@](C)([C@H](C)C(C)C)CC[C@]6(C)[C@H]5CC[C@H]34)[C@H]2OC[C@](C)(N)C(C)C)n1. The number of allylic oxidation sites excluding steroid dienone is 1. The van der Waals surface area contributed by atoms with Gasteiger partial charge in [-0.3, -0.25) is 14.9 Å². The van der Waals surface area contributed by atoms with Crippen molar-refractivity contribution in [3.63, 3.8) is 0 Å². The van der Waals surface area contributed by atoms with Gasteiger partial charge in [-0.2, -0.15) is 4.80 Å². The fourth-order valence-corrected chi connectivity index (χ4v) is 12.1. The molecule has 3 saturated carbocycles. The lowest BCUT2D eigenvalue weighted by molar-refractivity contribution is -0.255. The lowest BCUT2D eigenvalue weighted by Gasteiger charge is -2.71. The number of carboxylic acids is 1. The van der Waals surface area contributed by atoms with E-state index in [1.807, 2.05) is 6.92 Å². The third-order valence-electron chi connectivity index (χ3n) is 15.9. The minimum absolute atomic E-state index is 0.176. The van der Waals surface area contributed by atoms with Crippen LogP contribution in [0.15, 0.2) is 11.6 Å². The Kier molecular flexibility index (Phi) is 9.24. The van der Waals surface area contributed by atoms with E-state index in [1.165, 1.54) is 12.5 Å². The zero-order chi connectivity index (χ0) is 36.8. The third kappa shape index (κ3) is 5.33. The summed E-state index contributed by atoms with van der Waals surface area (Å²) in [6.45, 7) is 25.3. The van der Waals surface area contributed by atoms with Crippen molar-refractivity contribution in [1.82, 2.24) is 20.2 Å². The van der Waals surface area contributed by atoms with Crippen LogP contribution in [0.4, 0.5) is 5.95 Å². The first-order chi connectivity index (χ1) is 23.2. The first-order valence-electron chi connectivity index (χ1n) is 19.2. The first-order valence-corrected chi connectivity index (χ1v) is 19.2. The second-order valence-electron chi connectivity index (χ2n) is 19.2. The number of hydrogen-bond donors (Lipinski definition) is 3. The van der Waals surface area contributed by atoms with E-state index in [9.17, 15) is 14.7 Å². The minimum Gasteiger partial charge on any atom is -0.481 e.